The number of nitrogens with two attached hydrogens (primary N) is 1. The molecule has 2 heterocycles. The first-order valence-electron chi connectivity index (χ1n) is 6.22. The molecule has 0 aromatic carbocycles. The van der Waals surface area contributed by atoms with E-state index in [-0.39, 0.29) is 4.21 Å². The molecule has 1 aliphatic rings. The number of rotatable bonds is 4. The van der Waals surface area contributed by atoms with Crippen LogP contribution in [-0.4, -0.2) is 55.8 Å². The fraction of sp³-hybridized carbons (Fsp3) is 0.727. The van der Waals surface area contributed by atoms with Gasteiger partial charge in [0, 0.05) is 19.6 Å². The molecule has 0 bridgehead atoms. The van der Waals surface area contributed by atoms with Crippen LogP contribution < -0.4 is 5.73 Å². The summed E-state index contributed by atoms with van der Waals surface area (Å²) in [5, 5.41) is 0.294. The van der Waals surface area contributed by atoms with E-state index in [2.05, 4.69) is 9.88 Å². The summed E-state index contributed by atoms with van der Waals surface area (Å²) in [6.45, 7) is 3.22. The SMILES string of the molecule is Cc1nc(N)sc1S(=O)(=O)N(C)CC1CCCN1C. The van der Waals surface area contributed by atoms with E-state index >= 15 is 0 Å². The van der Waals surface area contributed by atoms with Gasteiger partial charge in [-0.3, -0.25) is 0 Å². The Morgan fingerprint density at radius 1 is 1.58 bits per heavy atom. The molecule has 2 rings (SSSR count). The number of likely N-dealkylation sites (N-methyl/N-ethyl adjacent to an activating group) is 2. The number of thiazole rings is 1. The number of hydrogen-bond acceptors (Lipinski definition) is 6. The number of aromatic nitrogens is 1. The third-order valence-electron chi connectivity index (χ3n) is 3.55. The minimum atomic E-state index is -3.48. The summed E-state index contributed by atoms with van der Waals surface area (Å²) >= 11 is 1.03. The van der Waals surface area contributed by atoms with Gasteiger partial charge in [-0.25, -0.2) is 13.4 Å². The Bertz CT molecular complexity index is 555. The van der Waals surface area contributed by atoms with Crippen molar-refractivity contribution in [3.63, 3.8) is 0 Å². The van der Waals surface area contributed by atoms with Crippen LogP contribution in [0.25, 0.3) is 0 Å². The normalized spacial score (nSPS) is 21.4. The summed E-state index contributed by atoms with van der Waals surface area (Å²) in [6, 6.07) is 0.297. The number of aryl methyl sites for hydroxylation is 1. The third-order valence-corrected chi connectivity index (χ3v) is 6.95. The van der Waals surface area contributed by atoms with Gasteiger partial charge >= 0.3 is 0 Å². The van der Waals surface area contributed by atoms with Gasteiger partial charge in [-0.1, -0.05) is 11.3 Å². The van der Waals surface area contributed by atoms with Crippen LogP contribution in [0, 0.1) is 6.92 Å². The lowest BCUT2D eigenvalue weighted by atomic mass is 10.2. The minimum Gasteiger partial charge on any atom is -0.375 e. The van der Waals surface area contributed by atoms with Crippen molar-refractivity contribution in [2.75, 3.05) is 32.9 Å². The Balaban J connectivity index is 2.17. The van der Waals surface area contributed by atoms with Gasteiger partial charge in [0.15, 0.2) is 9.34 Å². The highest BCUT2D eigenvalue weighted by Crippen LogP contribution is 2.28. The van der Waals surface area contributed by atoms with Crippen molar-refractivity contribution in [1.82, 2.24) is 14.2 Å². The van der Waals surface area contributed by atoms with Crippen molar-refractivity contribution in [2.45, 2.75) is 30.0 Å². The van der Waals surface area contributed by atoms with Gasteiger partial charge in [0.05, 0.1) is 5.69 Å². The van der Waals surface area contributed by atoms with Crippen LogP contribution in [0.5, 0.6) is 0 Å². The zero-order valence-electron chi connectivity index (χ0n) is 11.5. The molecule has 0 radical (unpaired) electrons. The average molecular weight is 304 g/mol. The second kappa shape index (κ2) is 5.35. The van der Waals surface area contributed by atoms with Gasteiger partial charge in [-0.2, -0.15) is 4.31 Å². The molecule has 0 saturated carbocycles. The molecule has 1 saturated heterocycles. The summed E-state index contributed by atoms with van der Waals surface area (Å²) < 4.78 is 26.6. The zero-order valence-corrected chi connectivity index (χ0v) is 13.1. The number of nitrogen functional groups attached to an aromatic ring is 1. The molecular formula is C11H20N4O2S2. The fourth-order valence-electron chi connectivity index (χ4n) is 2.39. The molecule has 1 aromatic rings. The highest BCUT2D eigenvalue weighted by molar-refractivity contribution is 7.91. The molecule has 0 spiro atoms. The van der Waals surface area contributed by atoms with Crippen LogP contribution in [0.2, 0.25) is 0 Å². The lowest BCUT2D eigenvalue weighted by Gasteiger charge is -2.25. The second-order valence-corrected chi connectivity index (χ2v) is 8.26. The molecule has 0 amide bonds. The Kier molecular flexibility index (Phi) is 4.14. The van der Waals surface area contributed by atoms with Gasteiger partial charge in [0.1, 0.15) is 0 Å². The molecule has 8 heteroatoms. The molecule has 2 N–H and O–H groups in total. The molecule has 1 aliphatic heterocycles. The van der Waals surface area contributed by atoms with E-state index in [9.17, 15) is 8.42 Å². The van der Waals surface area contributed by atoms with Crippen molar-refractivity contribution in [3.8, 4) is 0 Å². The van der Waals surface area contributed by atoms with Crippen LogP contribution in [0.3, 0.4) is 0 Å². The monoisotopic (exact) mass is 304 g/mol. The smallest absolute Gasteiger partial charge is 0.254 e. The van der Waals surface area contributed by atoms with Crippen molar-refractivity contribution in [3.05, 3.63) is 5.69 Å². The summed E-state index contributed by atoms with van der Waals surface area (Å²) in [6.07, 6.45) is 2.17. The topological polar surface area (TPSA) is 79.5 Å². The van der Waals surface area contributed by atoms with E-state index in [0.717, 1.165) is 30.7 Å². The molecule has 0 aliphatic carbocycles. The first-order valence-corrected chi connectivity index (χ1v) is 8.47. The van der Waals surface area contributed by atoms with Gasteiger partial charge in [-0.15, -0.1) is 0 Å². The lowest BCUT2D eigenvalue weighted by Crippen LogP contribution is -2.39. The number of likely N-dealkylation sites (tertiary alicyclic amines) is 1. The number of anilines is 1. The molecule has 108 valence electrons. The fourth-order valence-corrected chi connectivity index (χ4v) is 5.08. The minimum absolute atomic E-state index is 0.258. The van der Waals surface area contributed by atoms with Gasteiger partial charge in [0.25, 0.3) is 10.0 Å². The molecule has 1 atom stereocenters. The van der Waals surface area contributed by atoms with E-state index in [4.69, 9.17) is 5.73 Å². The molecule has 1 fully saturated rings. The van der Waals surface area contributed by atoms with Crippen LogP contribution in [0.4, 0.5) is 5.13 Å². The zero-order chi connectivity index (χ0) is 14.2. The maximum Gasteiger partial charge on any atom is 0.254 e. The number of nitrogens with zero attached hydrogens (tertiary/aromatic N) is 3. The number of sulfonamides is 1. The third kappa shape index (κ3) is 2.91. The first kappa shape index (κ1) is 14.7. The van der Waals surface area contributed by atoms with Crippen LogP contribution >= 0.6 is 11.3 Å². The van der Waals surface area contributed by atoms with E-state index in [1.165, 1.54) is 4.31 Å². The van der Waals surface area contributed by atoms with E-state index < -0.39 is 10.0 Å². The Morgan fingerprint density at radius 2 is 2.26 bits per heavy atom. The summed E-state index contributed by atoms with van der Waals surface area (Å²) in [5.41, 5.74) is 6.06. The van der Waals surface area contributed by atoms with Crippen LogP contribution in [0.1, 0.15) is 18.5 Å². The maximum atomic E-state index is 12.5. The predicted octanol–water partition coefficient (Wildman–Crippen LogP) is 0.748. The van der Waals surface area contributed by atoms with Gasteiger partial charge < -0.3 is 10.6 Å². The van der Waals surface area contributed by atoms with E-state index in [1.807, 2.05) is 7.05 Å². The quantitative estimate of drug-likeness (QED) is 0.888. The van der Waals surface area contributed by atoms with Crippen molar-refractivity contribution >= 4 is 26.5 Å². The van der Waals surface area contributed by atoms with Crippen molar-refractivity contribution in [2.24, 2.45) is 0 Å². The molecule has 1 aromatic heterocycles. The molecule has 1 unspecified atom stereocenters. The average Bonchev–Trinajstić information content (AvgIpc) is 2.86. The van der Waals surface area contributed by atoms with Gasteiger partial charge in [-0.05, 0) is 33.4 Å². The highest BCUT2D eigenvalue weighted by Gasteiger charge is 2.30. The van der Waals surface area contributed by atoms with Gasteiger partial charge in [0.2, 0.25) is 0 Å². The van der Waals surface area contributed by atoms with Crippen molar-refractivity contribution < 1.29 is 8.42 Å². The largest absolute Gasteiger partial charge is 0.375 e. The summed E-state index contributed by atoms with van der Waals surface area (Å²) in [4.78, 5) is 6.19. The highest BCUT2D eigenvalue weighted by atomic mass is 32.2. The Labute approximate surface area is 118 Å². The Hall–Kier alpha value is -0.700. The predicted molar refractivity (Wildman–Crippen MR) is 76.7 cm³/mol. The van der Waals surface area contributed by atoms with Crippen LogP contribution in [-0.2, 0) is 10.0 Å². The second-order valence-electron chi connectivity index (χ2n) is 4.99. The molecule has 19 heavy (non-hydrogen) atoms. The Morgan fingerprint density at radius 3 is 2.74 bits per heavy atom. The van der Waals surface area contributed by atoms with Crippen LogP contribution in [0.15, 0.2) is 4.21 Å². The number of hydrogen-bond donors (Lipinski definition) is 1. The molecule has 6 nitrogen and oxygen atoms in total. The standard InChI is InChI=1S/C11H20N4O2S2/c1-8-10(18-11(12)13-8)19(16,17)15(3)7-9-5-4-6-14(9)2/h9H,4-7H2,1-3H3,(H2,12,13). The van der Waals surface area contributed by atoms with E-state index in [1.54, 1.807) is 14.0 Å². The first-order chi connectivity index (χ1) is 8.82. The lowest BCUT2D eigenvalue weighted by molar-refractivity contribution is 0.271. The summed E-state index contributed by atoms with van der Waals surface area (Å²) in [5.74, 6) is 0. The van der Waals surface area contributed by atoms with Crippen molar-refractivity contribution in [1.29, 1.82) is 0 Å². The van der Waals surface area contributed by atoms with E-state index in [0.29, 0.717) is 23.4 Å². The summed E-state index contributed by atoms with van der Waals surface area (Å²) in [7, 11) is 0.181. The maximum absolute atomic E-state index is 12.5. The molecular weight excluding hydrogens is 284 g/mol.